The van der Waals surface area contributed by atoms with Gasteiger partial charge in [-0.3, -0.25) is 9.36 Å². The highest BCUT2D eigenvalue weighted by Gasteiger charge is 2.32. The van der Waals surface area contributed by atoms with E-state index in [4.69, 9.17) is 23.2 Å². The molecule has 1 amide bonds. The molecule has 6 nitrogen and oxygen atoms in total. The third-order valence-electron chi connectivity index (χ3n) is 5.18. The molecule has 0 radical (unpaired) electrons. The molecule has 2 aliphatic rings. The van der Waals surface area contributed by atoms with Crippen molar-refractivity contribution in [2.75, 3.05) is 29.1 Å². The third kappa shape index (κ3) is 4.42. The number of anilines is 2. The van der Waals surface area contributed by atoms with Gasteiger partial charge in [0.25, 0.3) is 0 Å². The second-order valence-corrected chi connectivity index (χ2v) is 9.24. The van der Waals surface area contributed by atoms with Crippen LogP contribution in [0.1, 0.15) is 38.6 Å². The van der Waals surface area contributed by atoms with Crippen LogP contribution >= 0.6 is 35.0 Å². The number of hydrogen-bond acceptors (Lipinski definition) is 5. The first kappa shape index (κ1) is 19.9. The van der Waals surface area contributed by atoms with Gasteiger partial charge in [0.15, 0.2) is 5.16 Å². The number of nitrogens with one attached hydrogen (secondary N) is 1. The van der Waals surface area contributed by atoms with E-state index in [9.17, 15) is 4.79 Å². The summed E-state index contributed by atoms with van der Waals surface area (Å²) in [5.74, 6) is 1.77. The third-order valence-corrected chi connectivity index (χ3v) is 6.76. The zero-order chi connectivity index (χ0) is 19.7. The standard InChI is InChI=1S/C19H23Cl2N5OS/c1-12-7-9-25(10-8-12)18-23-24-19(26(18)13-5-6-13)28-11-16(27)22-17-14(20)3-2-4-15(17)21/h2-4,12-13H,5-11H2,1H3,(H,22,27). The summed E-state index contributed by atoms with van der Waals surface area (Å²) in [4.78, 5) is 14.7. The second kappa shape index (κ2) is 8.51. The monoisotopic (exact) mass is 439 g/mol. The Hall–Kier alpha value is -1.44. The first-order chi connectivity index (χ1) is 13.5. The van der Waals surface area contributed by atoms with Crippen LogP contribution < -0.4 is 10.2 Å². The van der Waals surface area contributed by atoms with E-state index in [1.807, 2.05) is 0 Å². The number of halogens is 2. The van der Waals surface area contributed by atoms with Crippen molar-refractivity contribution in [2.45, 2.75) is 43.8 Å². The van der Waals surface area contributed by atoms with Crippen molar-refractivity contribution >= 4 is 52.5 Å². The zero-order valence-corrected chi connectivity index (χ0v) is 18.0. The highest BCUT2D eigenvalue weighted by Crippen LogP contribution is 2.41. The number of aromatic nitrogens is 3. The molecule has 1 aliphatic carbocycles. The minimum absolute atomic E-state index is 0.168. The molecular formula is C19H23Cl2N5OS. The van der Waals surface area contributed by atoms with Crippen molar-refractivity contribution in [3.05, 3.63) is 28.2 Å². The van der Waals surface area contributed by atoms with Gasteiger partial charge in [-0.1, -0.05) is 48.0 Å². The Bertz CT molecular complexity index is 842. The predicted octanol–water partition coefficient (Wildman–Crippen LogP) is 4.89. The molecule has 1 N–H and O–H groups in total. The lowest BCUT2D eigenvalue weighted by Crippen LogP contribution is -2.34. The number of para-hydroxylation sites is 1. The van der Waals surface area contributed by atoms with Crippen molar-refractivity contribution in [3.63, 3.8) is 0 Å². The normalized spacial score (nSPS) is 17.8. The van der Waals surface area contributed by atoms with E-state index < -0.39 is 0 Å². The minimum atomic E-state index is -0.168. The van der Waals surface area contributed by atoms with Gasteiger partial charge in [0, 0.05) is 19.1 Å². The van der Waals surface area contributed by atoms with Crippen LogP contribution in [-0.4, -0.2) is 39.5 Å². The van der Waals surface area contributed by atoms with Crippen molar-refractivity contribution in [3.8, 4) is 0 Å². The number of piperidine rings is 1. The molecule has 0 unspecified atom stereocenters. The van der Waals surface area contributed by atoms with Crippen LogP contribution in [0.3, 0.4) is 0 Å². The first-order valence-corrected chi connectivity index (χ1v) is 11.3. The summed E-state index contributed by atoms with van der Waals surface area (Å²) < 4.78 is 2.22. The molecule has 1 aromatic heterocycles. The maximum Gasteiger partial charge on any atom is 0.234 e. The quantitative estimate of drug-likeness (QED) is 0.649. The van der Waals surface area contributed by atoms with E-state index in [0.29, 0.717) is 21.8 Å². The summed E-state index contributed by atoms with van der Waals surface area (Å²) in [7, 11) is 0. The fourth-order valence-corrected chi connectivity index (χ4v) is 4.66. The Morgan fingerprint density at radius 1 is 1.18 bits per heavy atom. The molecule has 2 heterocycles. The van der Waals surface area contributed by atoms with Crippen LogP contribution in [0, 0.1) is 5.92 Å². The molecule has 0 atom stereocenters. The van der Waals surface area contributed by atoms with Gasteiger partial charge in [0.05, 0.1) is 21.5 Å². The molecule has 1 saturated heterocycles. The fraction of sp³-hybridized carbons (Fsp3) is 0.526. The zero-order valence-electron chi connectivity index (χ0n) is 15.7. The Labute approximate surface area is 179 Å². The summed E-state index contributed by atoms with van der Waals surface area (Å²) in [5, 5.41) is 13.3. The number of nitrogens with zero attached hydrogens (tertiary/aromatic N) is 4. The summed E-state index contributed by atoms with van der Waals surface area (Å²) in [6.07, 6.45) is 4.65. The molecule has 9 heteroatoms. The largest absolute Gasteiger partial charge is 0.341 e. The van der Waals surface area contributed by atoms with Gasteiger partial charge in [-0.05, 0) is 43.7 Å². The average Bonchev–Trinajstić information content (AvgIpc) is 3.43. The number of thioether (sulfide) groups is 1. The Morgan fingerprint density at radius 3 is 2.50 bits per heavy atom. The highest BCUT2D eigenvalue weighted by atomic mass is 35.5. The summed E-state index contributed by atoms with van der Waals surface area (Å²) in [5.41, 5.74) is 0.447. The van der Waals surface area contributed by atoms with Crippen molar-refractivity contribution in [1.82, 2.24) is 14.8 Å². The molecule has 1 aliphatic heterocycles. The van der Waals surface area contributed by atoms with Gasteiger partial charge in [-0.15, -0.1) is 10.2 Å². The first-order valence-electron chi connectivity index (χ1n) is 9.59. The number of hydrogen-bond donors (Lipinski definition) is 1. The Morgan fingerprint density at radius 2 is 1.86 bits per heavy atom. The van der Waals surface area contributed by atoms with Crippen molar-refractivity contribution in [1.29, 1.82) is 0 Å². The van der Waals surface area contributed by atoms with Crippen molar-refractivity contribution < 1.29 is 4.79 Å². The lowest BCUT2D eigenvalue weighted by Gasteiger charge is -2.31. The van der Waals surface area contributed by atoms with E-state index in [-0.39, 0.29) is 11.7 Å². The summed E-state index contributed by atoms with van der Waals surface area (Å²) in [6.45, 7) is 4.33. The lowest BCUT2D eigenvalue weighted by molar-refractivity contribution is -0.113. The van der Waals surface area contributed by atoms with Gasteiger partial charge < -0.3 is 10.2 Å². The molecule has 0 spiro atoms. The van der Waals surface area contributed by atoms with E-state index in [0.717, 1.165) is 43.0 Å². The molecular weight excluding hydrogens is 417 g/mol. The topological polar surface area (TPSA) is 63.1 Å². The summed E-state index contributed by atoms with van der Waals surface area (Å²) >= 11 is 13.7. The molecule has 1 saturated carbocycles. The molecule has 2 fully saturated rings. The number of benzene rings is 1. The fourth-order valence-electron chi connectivity index (χ4n) is 3.37. The van der Waals surface area contributed by atoms with Crippen LogP contribution in [0.15, 0.2) is 23.4 Å². The van der Waals surface area contributed by atoms with Gasteiger partial charge in [0.2, 0.25) is 11.9 Å². The number of carbonyl (C=O) groups excluding carboxylic acids is 1. The van der Waals surface area contributed by atoms with Crippen LogP contribution in [-0.2, 0) is 4.79 Å². The molecule has 1 aromatic carbocycles. The Kier molecular flexibility index (Phi) is 6.04. The van der Waals surface area contributed by atoms with Crippen LogP contribution in [0.4, 0.5) is 11.6 Å². The van der Waals surface area contributed by atoms with Crippen LogP contribution in [0.5, 0.6) is 0 Å². The van der Waals surface area contributed by atoms with Gasteiger partial charge in [0.1, 0.15) is 0 Å². The maximum absolute atomic E-state index is 12.4. The maximum atomic E-state index is 12.4. The van der Waals surface area contributed by atoms with Gasteiger partial charge >= 0.3 is 0 Å². The van der Waals surface area contributed by atoms with E-state index in [2.05, 4.69) is 31.9 Å². The lowest BCUT2D eigenvalue weighted by atomic mass is 10.00. The Balaban J connectivity index is 1.43. The molecule has 2 aromatic rings. The predicted molar refractivity (Wildman–Crippen MR) is 115 cm³/mol. The SMILES string of the molecule is CC1CCN(c2nnc(SCC(=O)Nc3c(Cl)cccc3Cl)n2C2CC2)CC1. The van der Waals surface area contributed by atoms with E-state index in [1.165, 1.54) is 24.6 Å². The summed E-state index contributed by atoms with van der Waals surface area (Å²) in [6, 6.07) is 5.60. The smallest absolute Gasteiger partial charge is 0.234 e. The van der Waals surface area contributed by atoms with Crippen LogP contribution in [0.2, 0.25) is 10.0 Å². The average molecular weight is 440 g/mol. The van der Waals surface area contributed by atoms with Crippen LogP contribution in [0.25, 0.3) is 0 Å². The van der Waals surface area contributed by atoms with E-state index >= 15 is 0 Å². The van der Waals surface area contributed by atoms with Gasteiger partial charge in [-0.25, -0.2) is 0 Å². The minimum Gasteiger partial charge on any atom is -0.341 e. The molecule has 150 valence electrons. The molecule has 0 bridgehead atoms. The number of carbonyl (C=O) groups is 1. The molecule has 4 rings (SSSR count). The van der Waals surface area contributed by atoms with E-state index in [1.54, 1.807) is 18.2 Å². The molecule has 28 heavy (non-hydrogen) atoms. The highest BCUT2D eigenvalue weighted by molar-refractivity contribution is 7.99. The number of amides is 1. The number of rotatable bonds is 6. The second-order valence-electron chi connectivity index (χ2n) is 7.49. The van der Waals surface area contributed by atoms with Gasteiger partial charge in [-0.2, -0.15) is 0 Å². The van der Waals surface area contributed by atoms with Crippen molar-refractivity contribution in [2.24, 2.45) is 5.92 Å².